The standard InChI is InChI=1S/C22H21N3O3S/c1-15(29(24,27)28)12-18-4-2-6-20-19(18)5-3-7-21(20)22(26)25-14-17-10-8-16(13-23)9-11-17/h2-11,15H,12,14H2,1H3,(H,25,26)(H2,24,27,28). The SMILES string of the molecule is CC(Cc1cccc2c(C(=O)NCc3ccc(C#N)cc3)cccc12)S(N)(=O)=O. The van der Waals surface area contributed by atoms with Gasteiger partial charge >= 0.3 is 0 Å². The van der Waals surface area contributed by atoms with Gasteiger partial charge in [-0.3, -0.25) is 4.79 Å². The zero-order valence-corrected chi connectivity index (χ0v) is 16.7. The van der Waals surface area contributed by atoms with Crippen LogP contribution in [0.15, 0.2) is 60.7 Å². The summed E-state index contributed by atoms with van der Waals surface area (Å²) in [6.07, 6.45) is 0.270. The van der Waals surface area contributed by atoms with Crippen molar-refractivity contribution >= 4 is 26.7 Å². The molecule has 0 heterocycles. The number of nitrogens with one attached hydrogen (secondary N) is 1. The first-order valence-corrected chi connectivity index (χ1v) is 10.7. The minimum atomic E-state index is -3.64. The van der Waals surface area contributed by atoms with E-state index in [0.717, 1.165) is 21.9 Å². The number of carbonyl (C=O) groups excluding carboxylic acids is 1. The minimum absolute atomic E-state index is 0.225. The van der Waals surface area contributed by atoms with Gasteiger partial charge in [0.2, 0.25) is 10.0 Å². The van der Waals surface area contributed by atoms with Crippen molar-refractivity contribution in [3.05, 3.63) is 82.9 Å². The van der Waals surface area contributed by atoms with E-state index < -0.39 is 15.3 Å². The first kappa shape index (κ1) is 20.5. The molecule has 0 aliphatic rings. The second-order valence-corrected chi connectivity index (χ2v) is 8.90. The first-order valence-electron chi connectivity index (χ1n) is 9.09. The van der Waals surface area contributed by atoms with E-state index in [9.17, 15) is 13.2 Å². The quantitative estimate of drug-likeness (QED) is 0.654. The first-order chi connectivity index (χ1) is 13.8. The summed E-state index contributed by atoms with van der Waals surface area (Å²) in [5.74, 6) is -0.225. The van der Waals surface area contributed by atoms with Crippen molar-refractivity contribution in [1.82, 2.24) is 5.32 Å². The van der Waals surface area contributed by atoms with Gasteiger partial charge in [-0.2, -0.15) is 5.26 Å². The molecule has 0 aromatic heterocycles. The van der Waals surface area contributed by atoms with Gasteiger partial charge in [0.25, 0.3) is 5.91 Å². The minimum Gasteiger partial charge on any atom is -0.348 e. The fourth-order valence-electron chi connectivity index (χ4n) is 3.15. The highest BCUT2D eigenvalue weighted by atomic mass is 32.2. The number of amides is 1. The highest BCUT2D eigenvalue weighted by Crippen LogP contribution is 2.24. The second-order valence-electron chi connectivity index (χ2n) is 6.91. The van der Waals surface area contributed by atoms with Crippen LogP contribution in [0, 0.1) is 11.3 Å². The lowest BCUT2D eigenvalue weighted by Crippen LogP contribution is -2.27. The van der Waals surface area contributed by atoms with E-state index in [1.807, 2.05) is 24.3 Å². The number of carbonyl (C=O) groups is 1. The summed E-state index contributed by atoms with van der Waals surface area (Å²) in [7, 11) is -3.64. The van der Waals surface area contributed by atoms with Gasteiger partial charge in [-0.1, -0.05) is 42.5 Å². The van der Waals surface area contributed by atoms with E-state index in [4.69, 9.17) is 10.4 Å². The average molecular weight is 407 g/mol. The van der Waals surface area contributed by atoms with E-state index in [1.165, 1.54) is 0 Å². The molecule has 0 aliphatic carbocycles. The Morgan fingerprint density at radius 3 is 2.38 bits per heavy atom. The molecular formula is C22H21N3O3S. The molecule has 3 aromatic carbocycles. The summed E-state index contributed by atoms with van der Waals surface area (Å²) in [5.41, 5.74) is 2.79. The van der Waals surface area contributed by atoms with Crippen molar-refractivity contribution in [1.29, 1.82) is 5.26 Å². The molecule has 1 atom stereocenters. The van der Waals surface area contributed by atoms with Crippen LogP contribution in [0.4, 0.5) is 0 Å². The molecule has 3 aromatic rings. The van der Waals surface area contributed by atoms with E-state index in [2.05, 4.69) is 11.4 Å². The van der Waals surface area contributed by atoms with Crippen molar-refractivity contribution in [3.63, 3.8) is 0 Å². The van der Waals surface area contributed by atoms with Crippen LogP contribution in [0.1, 0.15) is 34.0 Å². The Hall–Kier alpha value is -3.21. The maximum atomic E-state index is 12.8. The number of fused-ring (bicyclic) bond motifs is 1. The van der Waals surface area contributed by atoms with Gasteiger partial charge in [-0.15, -0.1) is 0 Å². The topological polar surface area (TPSA) is 113 Å². The van der Waals surface area contributed by atoms with Crippen molar-refractivity contribution in [2.75, 3.05) is 0 Å². The van der Waals surface area contributed by atoms with Crippen LogP contribution in [0.5, 0.6) is 0 Å². The van der Waals surface area contributed by atoms with E-state index >= 15 is 0 Å². The molecule has 0 saturated carbocycles. The third-order valence-corrected chi connectivity index (χ3v) is 6.15. The second kappa shape index (κ2) is 8.43. The Kier molecular flexibility index (Phi) is 5.97. The number of nitrogens with two attached hydrogens (primary N) is 1. The summed E-state index contributed by atoms with van der Waals surface area (Å²) in [6, 6.07) is 20.0. The van der Waals surface area contributed by atoms with Gasteiger partial charge in [0.1, 0.15) is 0 Å². The molecule has 6 nitrogen and oxygen atoms in total. The number of nitriles is 1. The van der Waals surface area contributed by atoms with E-state index in [1.54, 1.807) is 43.3 Å². The molecular weight excluding hydrogens is 386 g/mol. The van der Waals surface area contributed by atoms with Crippen molar-refractivity contribution in [3.8, 4) is 6.07 Å². The zero-order valence-electron chi connectivity index (χ0n) is 15.9. The van der Waals surface area contributed by atoms with Crippen LogP contribution in [-0.4, -0.2) is 19.6 Å². The van der Waals surface area contributed by atoms with E-state index in [0.29, 0.717) is 17.7 Å². The number of sulfonamides is 1. The fourth-order valence-corrected chi connectivity index (χ4v) is 3.56. The summed E-state index contributed by atoms with van der Waals surface area (Å²) < 4.78 is 23.2. The normalized spacial score (nSPS) is 12.3. The molecule has 29 heavy (non-hydrogen) atoms. The summed E-state index contributed by atoms with van der Waals surface area (Å²) in [6.45, 7) is 1.91. The molecule has 3 N–H and O–H groups in total. The molecule has 0 aliphatic heterocycles. The molecule has 148 valence electrons. The van der Waals surface area contributed by atoms with Crippen molar-refractivity contribution < 1.29 is 13.2 Å². The Labute approximate surface area is 170 Å². The Balaban J connectivity index is 1.84. The van der Waals surface area contributed by atoms with Crippen molar-refractivity contribution in [2.45, 2.75) is 25.1 Å². The molecule has 3 rings (SSSR count). The summed E-state index contributed by atoms with van der Waals surface area (Å²) in [5, 5.41) is 17.9. The van der Waals surface area contributed by atoms with E-state index in [-0.39, 0.29) is 12.3 Å². The lowest BCUT2D eigenvalue weighted by Gasteiger charge is -2.13. The molecule has 7 heteroatoms. The van der Waals surface area contributed by atoms with Gasteiger partial charge in [0, 0.05) is 12.1 Å². The molecule has 0 radical (unpaired) electrons. The molecule has 0 spiro atoms. The highest BCUT2D eigenvalue weighted by molar-refractivity contribution is 7.89. The third-order valence-electron chi connectivity index (χ3n) is 4.86. The smallest absolute Gasteiger partial charge is 0.252 e. The van der Waals surface area contributed by atoms with Gasteiger partial charge in [-0.25, -0.2) is 13.6 Å². The lowest BCUT2D eigenvalue weighted by atomic mass is 9.97. The molecule has 0 bridgehead atoms. The van der Waals surface area contributed by atoms with Gasteiger partial charge in [-0.05, 0) is 53.4 Å². The maximum Gasteiger partial charge on any atom is 0.252 e. The number of hydrogen-bond acceptors (Lipinski definition) is 4. The monoisotopic (exact) mass is 407 g/mol. The average Bonchev–Trinajstić information content (AvgIpc) is 2.71. The number of benzene rings is 3. The van der Waals surface area contributed by atoms with Crippen molar-refractivity contribution in [2.24, 2.45) is 5.14 Å². The predicted molar refractivity (Wildman–Crippen MR) is 113 cm³/mol. The van der Waals surface area contributed by atoms with Crippen LogP contribution < -0.4 is 10.5 Å². The van der Waals surface area contributed by atoms with Crippen LogP contribution in [-0.2, 0) is 23.0 Å². The van der Waals surface area contributed by atoms with Crippen LogP contribution in [0.2, 0.25) is 0 Å². The zero-order chi connectivity index (χ0) is 21.0. The predicted octanol–water partition coefficient (Wildman–Crippen LogP) is 2.86. The third kappa shape index (κ3) is 4.80. The number of nitrogens with zero attached hydrogens (tertiary/aromatic N) is 1. The molecule has 0 fully saturated rings. The number of hydrogen-bond donors (Lipinski definition) is 2. The molecule has 0 saturated heterocycles. The number of primary sulfonamides is 1. The summed E-state index contributed by atoms with van der Waals surface area (Å²) >= 11 is 0. The lowest BCUT2D eigenvalue weighted by molar-refractivity contribution is 0.0952. The molecule has 1 amide bonds. The van der Waals surface area contributed by atoms with Gasteiger partial charge in [0.15, 0.2) is 0 Å². The van der Waals surface area contributed by atoms with Crippen LogP contribution >= 0.6 is 0 Å². The van der Waals surface area contributed by atoms with Crippen LogP contribution in [0.3, 0.4) is 0 Å². The highest BCUT2D eigenvalue weighted by Gasteiger charge is 2.18. The fraction of sp³-hybridized carbons (Fsp3) is 0.182. The van der Waals surface area contributed by atoms with Crippen LogP contribution in [0.25, 0.3) is 10.8 Å². The Morgan fingerprint density at radius 2 is 1.72 bits per heavy atom. The Morgan fingerprint density at radius 1 is 1.07 bits per heavy atom. The maximum absolute atomic E-state index is 12.8. The van der Waals surface area contributed by atoms with Gasteiger partial charge in [0.05, 0.1) is 16.9 Å². The summed E-state index contributed by atoms with van der Waals surface area (Å²) in [4.78, 5) is 12.8. The largest absolute Gasteiger partial charge is 0.348 e. The van der Waals surface area contributed by atoms with Gasteiger partial charge < -0.3 is 5.32 Å². The Bertz CT molecular complexity index is 1200. The number of rotatable bonds is 6. The molecule has 1 unspecified atom stereocenters.